The molecule has 0 atom stereocenters. The topological polar surface area (TPSA) is 65.4 Å². The average Bonchev–Trinajstić information content (AvgIpc) is 2.38. The Morgan fingerprint density at radius 1 is 1.53 bits per heavy atom. The molecule has 0 spiro atoms. The largest absolute Gasteiger partial charge is 0.512 e. The fourth-order valence-electron chi connectivity index (χ4n) is 1.73. The molecule has 1 aromatic heterocycles. The molecule has 4 nitrogen and oxygen atoms in total. The zero-order valence-electron chi connectivity index (χ0n) is 9.15. The second-order valence-electron chi connectivity index (χ2n) is 3.75. The molecule has 90 valence electrons. The van der Waals surface area contributed by atoms with E-state index in [1.165, 1.54) is 6.20 Å². The van der Waals surface area contributed by atoms with Crippen LogP contribution in [0.15, 0.2) is 24.6 Å². The van der Waals surface area contributed by atoms with Gasteiger partial charge in [-0.2, -0.15) is 0 Å². The number of rotatable bonds is 2. The molecule has 0 amide bonds. The molecule has 1 aliphatic heterocycles. The number of hydrogen-bond acceptors (Lipinski definition) is 4. The van der Waals surface area contributed by atoms with Crippen molar-refractivity contribution in [2.75, 3.05) is 13.1 Å². The van der Waals surface area contributed by atoms with Crippen molar-refractivity contribution in [1.29, 1.82) is 0 Å². The van der Waals surface area contributed by atoms with Gasteiger partial charge in [0.05, 0.1) is 10.7 Å². The second-order valence-corrected chi connectivity index (χ2v) is 4.16. The van der Waals surface area contributed by atoms with E-state index in [1.54, 1.807) is 6.07 Å². The highest BCUT2D eigenvalue weighted by atomic mass is 35.5. The third kappa shape index (κ3) is 2.60. The van der Waals surface area contributed by atoms with E-state index in [2.05, 4.69) is 16.4 Å². The van der Waals surface area contributed by atoms with Gasteiger partial charge in [0.15, 0.2) is 5.76 Å². The minimum absolute atomic E-state index is 0.245. The van der Waals surface area contributed by atoms with E-state index in [4.69, 9.17) is 16.7 Å². The van der Waals surface area contributed by atoms with Crippen molar-refractivity contribution in [3.8, 4) is 0 Å². The number of aliphatic hydroxyl groups is 2. The van der Waals surface area contributed by atoms with E-state index >= 15 is 0 Å². The Morgan fingerprint density at radius 2 is 2.35 bits per heavy atom. The molecule has 0 unspecified atom stereocenters. The Hall–Kier alpha value is -1.52. The molecule has 17 heavy (non-hydrogen) atoms. The third-order valence-electron chi connectivity index (χ3n) is 2.63. The van der Waals surface area contributed by atoms with Crippen molar-refractivity contribution in [3.05, 3.63) is 40.9 Å². The smallest absolute Gasteiger partial charge is 0.158 e. The maximum absolute atomic E-state index is 9.34. The third-order valence-corrected chi connectivity index (χ3v) is 2.92. The summed E-state index contributed by atoms with van der Waals surface area (Å²) >= 11 is 6.12. The first-order valence-corrected chi connectivity index (χ1v) is 5.69. The first kappa shape index (κ1) is 12.0. The minimum Gasteiger partial charge on any atom is -0.512 e. The SMILES string of the molecule is O/C=C(/O)c1cnc(C2=CCNCC2)c(Cl)c1. The molecule has 3 N–H and O–H groups in total. The summed E-state index contributed by atoms with van der Waals surface area (Å²) in [6, 6.07) is 1.59. The molecule has 0 saturated heterocycles. The Labute approximate surface area is 104 Å². The molecule has 0 aromatic carbocycles. The minimum atomic E-state index is -0.245. The lowest BCUT2D eigenvalue weighted by Gasteiger charge is -2.14. The molecule has 0 radical (unpaired) electrons. The Kier molecular flexibility index (Phi) is 3.66. The Balaban J connectivity index is 2.34. The first-order valence-electron chi connectivity index (χ1n) is 5.31. The van der Waals surface area contributed by atoms with Crippen molar-refractivity contribution in [2.45, 2.75) is 6.42 Å². The number of aromatic nitrogens is 1. The lowest BCUT2D eigenvalue weighted by molar-refractivity contribution is 0.431. The summed E-state index contributed by atoms with van der Waals surface area (Å²) in [5.41, 5.74) is 2.24. The first-order chi connectivity index (χ1) is 8.22. The van der Waals surface area contributed by atoms with E-state index in [1.807, 2.05) is 0 Å². The van der Waals surface area contributed by atoms with E-state index in [9.17, 15) is 5.11 Å². The number of hydrogen-bond donors (Lipinski definition) is 3. The second kappa shape index (κ2) is 5.21. The van der Waals surface area contributed by atoms with Gasteiger partial charge in [-0.15, -0.1) is 0 Å². The summed E-state index contributed by atoms with van der Waals surface area (Å²) in [6.07, 6.45) is 5.05. The molecule has 1 aliphatic rings. The van der Waals surface area contributed by atoms with Gasteiger partial charge in [-0.25, -0.2) is 0 Å². The van der Waals surface area contributed by atoms with Gasteiger partial charge in [-0.3, -0.25) is 4.98 Å². The van der Waals surface area contributed by atoms with Crippen LogP contribution in [-0.4, -0.2) is 28.3 Å². The number of nitrogens with zero attached hydrogens (tertiary/aromatic N) is 1. The van der Waals surface area contributed by atoms with Gasteiger partial charge in [0.2, 0.25) is 0 Å². The van der Waals surface area contributed by atoms with Crippen molar-refractivity contribution < 1.29 is 10.2 Å². The number of aliphatic hydroxyl groups excluding tert-OH is 2. The van der Waals surface area contributed by atoms with Gasteiger partial charge in [0.25, 0.3) is 0 Å². The summed E-state index contributed by atoms with van der Waals surface area (Å²) in [4.78, 5) is 4.23. The molecule has 2 heterocycles. The summed E-state index contributed by atoms with van der Waals surface area (Å²) in [6.45, 7) is 1.73. The molecular weight excluding hydrogens is 240 g/mol. The zero-order chi connectivity index (χ0) is 12.3. The maximum atomic E-state index is 9.34. The predicted molar refractivity (Wildman–Crippen MR) is 67.9 cm³/mol. The molecule has 0 aliphatic carbocycles. The van der Waals surface area contributed by atoms with Crippen LogP contribution in [0.5, 0.6) is 0 Å². The van der Waals surface area contributed by atoms with Gasteiger partial charge >= 0.3 is 0 Å². The van der Waals surface area contributed by atoms with Gasteiger partial charge in [0, 0.05) is 18.3 Å². The summed E-state index contributed by atoms with van der Waals surface area (Å²) in [5.74, 6) is -0.245. The number of pyridine rings is 1. The van der Waals surface area contributed by atoms with Crippen LogP contribution in [0.25, 0.3) is 11.3 Å². The molecule has 2 rings (SSSR count). The highest BCUT2D eigenvalue weighted by Gasteiger charge is 2.12. The number of halogens is 1. The normalized spacial score (nSPS) is 16.8. The van der Waals surface area contributed by atoms with E-state index in [0.29, 0.717) is 16.8 Å². The van der Waals surface area contributed by atoms with Gasteiger partial charge in [-0.05, 0) is 24.6 Å². The predicted octanol–water partition coefficient (Wildman–Crippen LogP) is 2.53. The standard InChI is InChI=1S/C12H13ClN2O2/c13-10-5-9(11(17)7-16)6-15-12(10)8-1-3-14-4-2-8/h1,5-7,14,16-17H,2-4H2/b11-7+. The summed E-state index contributed by atoms with van der Waals surface area (Å²) < 4.78 is 0. The van der Waals surface area contributed by atoms with E-state index < -0.39 is 0 Å². The highest BCUT2D eigenvalue weighted by Crippen LogP contribution is 2.27. The van der Waals surface area contributed by atoms with Crippen LogP contribution in [0.1, 0.15) is 17.7 Å². The van der Waals surface area contributed by atoms with Crippen LogP contribution < -0.4 is 5.32 Å². The molecule has 0 fully saturated rings. The fraction of sp³-hybridized carbons (Fsp3) is 0.250. The monoisotopic (exact) mass is 252 g/mol. The van der Waals surface area contributed by atoms with Gasteiger partial charge in [-0.1, -0.05) is 17.7 Å². The molecule has 5 heteroatoms. The highest BCUT2D eigenvalue weighted by molar-refractivity contribution is 6.32. The quantitative estimate of drug-likeness (QED) is 0.708. The fourth-order valence-corrected chi connectivity index (χ4v) is 2.01. The molecule has 1 aromatic rings. The summed E-state index contributed by atoms with van der Waals surface area (Å²) in [7, 11) is 0. The molecular formula is C12H13ClN2O2. The van der Waals surface area contributed by atoms with Crippen molar-refractivity contribution in [2.24, 2.45) is 0 Å². The lowest BCUT2D eigenvalue weighted by Crippen LogP contribution is -2.20. The van der Waals surface area contributed by atoms with Crippen molar-refractivity contribution >= 4 is 22.9 Å². The Bertz CT molecular complexity index is 483. The molecule has 0 saturated carbocycles. The van der Waals surface area contributed by atoms with E-state index in [-0.39, 0.29) is 5.76 Å². The average molecular weight is 253 g/mol. The number of nitrogens with one attached hydrogen (secondary N) is 1. The van der Waals surface area contributed by atoms with Crippen LogP contribution in [0, 0.1) is 0 Å². The summed E-state index contributed by atoms with van der Waals surface area (Å²) in [5, 5.41) is 21.7. The van der Waals surface area contributed by atoms with Crippen LogP contribution in [-0.2, 0) is 0 Å². The lowest BCUT2D eigenvalue weighted by atomic mass is 10.0. The van der Waals surface area contributed by atoms with Crippen molar-refractivity contribution in [3.63, 3.8) is 0 Å². The van der Waals surface area contributed by atoms with Crippen LogP contribution in [0.3, 0.4) is 0 Å². The van der Waals surface area contributed by atoms with Crippen LogP contribution >= 0.6 is 11.6 Å². The van der Waals surface area contributed by atoms with E-state index in [0.717, 1.165) is 30.8 Å². The van der Waals surface area contributed by atoms with Crippen LogP contribution in [0.4, 0.5) is 0 Å². The zero-order valence-corrected chi connectivity index (χ0v) is 9.91. The Morgan fingerprint density at radius 3 is 2.94 bits per heavy atom. The molecule has 0 bridgehead atoms. The van der Waals surface area contributed by atoms with Gasteiger partial charge < -0.3 is 15.5 Å². The van der Waals surface area contributed by atoms with Crippen molar-refractivity contribution in [1.82, 2.24) is 10.3 Å². The maximum Gasteiger partial charge on any atom is 0.158 e. The van der Waals surface area contributed by atoms with Crippen LogP contribution in [0.2, 0.25) is 5.02 Å². The van der Waals surface area contributed by atoms with Gasteiger partial charge in [0.1, 0.15) is 6.26 Å².